The number of hydrogen-bond donors (Lipinski definition) is 2. The van der Waals surface area contributed by atoms with Crippen molar-refractivity contribution in [3.63, 3.8) is 0 Å². The molecule has 1 aliphatic heterocycles. The lowest BCUT2D eigenvalue weighted by molar-refractivity contribution is -0.139. The van der Waals surface area contributed by atoms with Crippen LogP contribution in [0.1, 0.15) is 12.0 Å². The van der Waals surface area contributed by atoms with E-state index in [-0.39, 0.29) is 12.5 Å². The Labute approximate surface area is 106 Å². The fourth-order valence-corrected chi connectivity index (χ4v) is 2.17. The smallest absolute Gasteiger partial charge is 0.341 e. The van der Waals surface area contributed by atoms with Crippen molar-refractivity contribution in [3.8, 4) is 5.75 Å². The number of benzene rings is 1. The van der Waals surface area contributed by atoms with Crippen LogP contribution in [0.2, 0.25) is 0 Å². The number of rotatable bonds is 3. The highest BCUT2D eigenvalue weighted by Gasteiger charge is 2.21. The maximum atomic E-state index is 11.3. The van der Waals surface area contributed by atoms with Crippen LogP contribution in [0.4, 0.5) is 5.69 Å². The minimum atomic E-state index is -1.03. The Hall–Kier alpha value is -1.56. The van der Waals surface area contributed by atoms with Crippen LogP contribution in [0.25, 0.3) is 0 Å². The van der Waals surface area contributed by atoms with Gasteiger partial charge in [-0.3, -0.25) is 4.79 Å². The number of fused-ring (bicyclic) bond motifs is 1. The lowest BCUT2D eigenvalue weighted by atomic mass is 10.0. The molecule has 2 N–H and O–H groups in total. The Kier molecular flexibility index (Phi) is 3.33. The Morgan fingerprint density at radius 3 is 2.94 bits per heavy atom. The third-order valence-corrected chi connectivity index (χ3v) is 3.10. The first kappa shape index (κ1) is 11.9. The monoisotopic (exact) mass is 299 g/mol. The normalized spacial score (nSPS) is 13.8. The first-order valence-electron chi connectivity index (χ1n) is 5.03. The van der Waals surface area contributed by atoms with E-state index in [1.807, 2.05) is 0 Å². The first-order valence-corrected chi connectivity index (χ1v) is 5.83. The Morgan fingerprint density at radius 1 is 1.47 bits per heavy atom. The molecule has 0 aromatic heterocycles. The summed E-state index contributed by atoms with van der Waals surface area (Å²) >= 11 is 3.34. The van der Waals surface area contributed by atoms with Crippen molar-refractivity contribution in [3.05, 3.63) is 22.2 Å². The van der Waals surface area contributed by atoms with E-state index in [1.165, 1.54) is 0 Å². The molecule has 0 saturated carbocycles. The molecule has 1 heterocycles. The highest BCUT2D eigenvalue weighted by Crippen LogP contribution is 2.37. The minimum Gasteiger partial charge on any atom is -0.482 e. The van der Waals surface area contributed by atoms with Gasteiger partial charge in [-0.25, -0.2) is 4.79 Å². The summed E-state index contributed by atoms with van der Waals surface area (Å²) in [4.78, 5) is 21.7. The second-order valence-corrected chi connectivity index (χ2v) is 4.48. The summed E-state index contributed by atoms with van der Waals surface area (Å²) in [5, 5.41) is 11.3. The third-order valence-electron chi connectivity index (χ3n) is 2.44. The topological polar surface area (TPSA) is 75.6 Å². The molecule has 0 aliphatic carbocycles. The van der Waals surface area contributed by atoms with Crippen molar-refractivity contribution >= 4 is 33.5 Å². The van der Waals surface area contributed by atoms with E-state index in [2.05, 4.69) is 21.2 Å². The summed E-state index contributed by atoms with van der Waals surface area (Å²) in [5.41, 5.74) is 1.50. The van der Waals surface area contributed by atoms with Crippen LogP contribution in [-0.4, -0.2) is 23.6 Å². The molecule has 90 valence electrons. The fourth-order valence-electron chi connectivity index (χ4n) is 1.70. The number of carboxylic acid groups (broad SMARTS) is 1. The largest absolute Gasteiger partial charge is 0.482 e. The molecular weight excluding hydrogens is 290 g/mol. The first-order chi connectivity index (χ1) is 8.08. The van der Waals surface area contributed by atoms with Crippen LogP contribution in [-0.2, 0) is 16.0 Å². The number of nitrogens with one attached hydrogen (secondary N) is 1. The lowest BCUT2D eigenvalue weighted by Crippen LogP contribution is -2.20. The van der Waals surface area contributed by atoms with Gasteiger partial charge in [0.2, 0.25) is 5.91 Å². The molecule has 6 heteroatoms. The molecule has 1 amide bonds. The second kappa shape index (κ2) is 4.75. The number of halogens is 1. The predicted octanol–water partition coefficient (Wildman–Crippen LogP) is 1.80. The van der Waals surface area contributed by atoms with Gasteiger partial charge < -0.3 is 15.2 Å². The molecule has 0 saturated heterocycles. The highest BCUT2D eigenvalue weighted by molar-refractivity contribution is 9.10. The zero-order chi connectivity index (χ0) is 12.4. The summed E-state index contributed by atoms with van der Waals surface area (Å²) in [6.07, 6.45) is 0.933. The zero-order valence-corrected chi connectivity index (χ0v) is 10.4. The van der Waals surface area contributed by atoms with Gasteiger partial charge in [0.1, 0.15) is 5.75 Å². The average molecular weight is 300 g/mol. The Bertz CT molecular complexity index is 487. The molecule has 0 unspecified atom stereocenters. The Balaban J connectivity index is 2.32. The molecule has 17 heavy (non-hydrogen) atoms. The van der Waals surface area contributed by atoms with Crippen molar-refractivity contribution in [1.29, 1.82) is 0 Å². The predicted molar refractivity (Wildman–Crippen MR) is 64.2 cm³/mol. The number of aliphatic carboxylic acids is 1. The van der Waals surface area contributed by atoms with Crippen LogP contribution in [0.3, 0.4) is 0 Å². The molecule has 5 nitrogen and oxygen atoms in total. The second-order valence-electron chi connectivity index (χ2n) is 3.63. The van der Waals surface area contributed by atoms with E-state index in [0.717, 1.165) is 10.0 Å². The molecule has 0 atom stereocenters. The minimum absolute atomic E-state index is 0.0476. The number of ether oxygens (including phenoxy) is 1. The van der Waals surface area contributed by atoms with E-state index in [1.54, 1.807) is 12.1 Å². The molecule has 0 spiro atoms. The maximum Gasteiger partial charge on any atom is 0.341 e. The highest BCUT2D eigenvalue weighted by atomic mass is 79.9. The molecule has 2 rings (SSSR count). The Morgan fingerprint density at radius 2 is 2.24 bits per heavy atom. The summed E-state index contributed by atoms with van der Waals surface area (Å²) in [6.45, 7) is -0.387. The van der Waals surface area contributed by atoms with Gasteiger partial charge in [-0.05, 0) is 34.5 Å². The van der Waals surface area contributed by atoms with E-state index < -0.39 is 5.97 Å². The lowest BCUT2D eigenvalue weighted by Gasteiger charge is -2.21. The van der Waals surface area contributed by atoms with E-state index in [4.69, 9.17) is 9.84 Å². The SMILES string of the molecule is O=C(O)COc1ccc(Br)c2c1CCC(=O)N2. The van der Waals surface area contributed by atoms with Gasteiger partial charge in [0.15, 0.2) is 6.61 Å². The summed E-state index contributed by atoms with van der Waals surface area (Å²) < 4.78 is 5.95. The standard InChI is InChI=1S/C11H10BrNO4/c12-7-2-3-8(17-5-10(15)16)6-1-4-9(14)13-11(6)7/h2-3H,1,4-5H2,(H,13,14)(H,15,16). The summed E-state index contributed by atoms with van der Waals surface area (Å²) in [7, 11) is 0. The molecule has 1 aromatic rings. The summed E-state index contributed by atoms with van der Waals surface area (Å²) in [5.74, 6) is -0.569. The third kappa shape index (κ3) is 2.58. The van der Waals surface area contributed by atoms with Gasteiger partial charge in [0.25, 0.3) is 0 Å². The van der Waals surface area contributed by atoms with Gasteiger partial charge in [-0.1, -0.05) is 0 Å². The van der Waals surface area contributed by atoms with E-state index >= 15 is 0 Å². The molecule has 0 bridgehead atoms. The number of carbonyl (C=O) groups excluding carboxylic acids is 1. The molecule has 0 radical (unpaired) electrons. The van der Waals surface area contributed by atoms with E-state index in [9.17, 15) is 9.59 Å². The number of carbonyl (C=O) groups is 2. The number of amides is 1. The molecule has 0 fully saturated rings. The number of anilines is 1. The van der Waals surface area contributed by atoms with Gasteiger partial charge >= 0.3 is 5.97 Å². The van der Waals surface area contributed by atoms with Crippen molar-refractivity contribution in [2.24, 2.45) is 0 Å². The number of carboxylic acids is 1. The van der Waals surface area contributed by atoms with Gasteiger partial charge in [-0.15, -0.1) is 0 Å². The van der Waals surface area contributed by atoms with Crippen molar-refractivity contribution in [2.75, 3.05) is 11.9 Å². The average Bonchev–Trinajstić information content (AvgIpc) is 2.28. The van der Waals surface area contributed by atoms with E-state index in [0.29, 0.717) is 24.3 Å². The van der Waals surface area contributed by atoms with Crippen LogP contribution in [0.15, 0.2) is 16.6 Å². The fraction of sp³-hybridized carbons (Fsp3) is 0.273. The van der Waals surface area contributed by atoms with Gasteiger partial charge in [-0.2, -0.15) is 0 Å². The van der Waals surface area contributed by atoms with Crippen LogP contribution < -0.4 is 10.1 Å². The maximum absolute atomic E-state index is 11.3. The van der Waals surface area contributed by atoms with Gasteiger partial charge in [0, 0.05) is 16.5 Å². The zero-order valence-electron chi connectivity index (χ0n) is 8.83. The summed E-state index contributed by atoms with van der Waals surface area (Å²) in [6, 6.07) is 3.42. The molecule has 1 aromatic carbocycles. The molecular formula is C11H10BrNO4. The number of hydrogen-bond acceptors (Lipinski definition) is 3. The molecule has 1 aliphatic rings. The van der Waals surface area contributed by atoms with Crippen LogP contribution in [0, 0.1) is 0 Å². The van der Waals surface area contributed by atoms with Crippen molar-refractivity contribution in [1.82, 2.24) is 0 Å². The van der Waals surface area contributed by atoms with Crippen molar-refractivity contribution in [2.45, 2.75) is 12.8 Å². The van der Waals surface area contributed by atoms with Crippen molar-refractivity contribution < 1.29 is 19.4 Å². The quantitative estimate of drug-likeness (QED) is 0.892. The van der Waals surface area contributed by atoms with Crippen LogP contribution >= 0.6 is 15.9 Å². The van der Waals surface area contributed by atoms with Gasteiger partial charge in [0.05, 0.1) is 5.69 Å². The van der Waals surface area contributed by atoms with Crippen LogP contribution in [0.5, 0.6) is 5.75 Å².